The zero-order chi connectivity index (χ0) is 16.8. The molecular formula is C17H23N3O3. The molecule has 0 unspecified atom stereocenters. The molecule has 0 saturated carbocycles. The SMILES string of the molecule is COc1ccc(CNC(=O)CCc2c(C)n[nH]c2C)cc1OC. The van der Waals surface area contributed by atoms with E-state index in [1.165, 1.54) is 0 Å². The molecule has 2 N–H and O–H groups in total. The monoisotopic (exact) mass is 317 g/mol. The largest absolute Gasteiger partial charge is 0.493 e. The van der Waals surface area contributed by atoms with E-state index in [9.17, 15) is 4.79 Å². The maximum atomic E-state index is 12.0. The van der Waals surface area contributed by atoms with Crippen molar-refractivity contribution in [2.45, 2.75) is 33.2 Å². The molecule has 0 fully saturated rings. The van der Waals surface area contributed by atoms with Crippen molar-refractivity contribution in [2.24, 2.45) is 0 Å². The van der Waals surface area contributed by atoms with E-state index < -0.39 is 0 Å². The molecule has 0 aliphatic carbocycles. The van der Waals surface area contributed by atoms with Crippen LogP contribution in [0, 0.1) is 13.8 Å². The second-order valence-electron chi connectivity index (χ2n) is 5.38. The van der Waals surface area contributed by atoms with Crippen LogP contribution in [0.4, 0.5) is 0 Å². The summed E-state index contributed by atoms with van der Waals surface area (Å²) in [6.45, 7) is 4.37. The van der Waals surface area contributed by atoms with Gasteiger partial charge in [0.2, 0.25) is 5.91 Å². The first-order valence-electron chi connectivity index (χ1n) is 7.53. The van der Waals surface area contributed by atoms with Gasteiger partial charge in [0.05, 0.1) is 19.9 Å². The Kier molecular flexibility index (Phi) is 5.62. The van der Waals surface area contributed by atoms with Crippen molar-refractivity contribution >= 4 is 5.91 Å². The highest BCUT2D eigenvalue weighted by molar-refractivity contribution is 5.76. The summed E-state index contributed by atoms with van der Waals surface area (Å²) in [7, 11) is 3.19. The molecule has 2 rings (SSSR count). The summed E-state index contributed by atoms with van der Waals surface area (Å²) in [4.78, 5) is 12.0. The number of benzene rings is 1. The first kappa shape index (κ1) is 16.9. The number of aromatic amines is 1. The average molecular weight is 317 g/mol. The van der Waals surface area contributed by atoms with Crippen molar-refractivity contribution in [3.63, 3.8) is 0 Å². The number of nitrogens with zero attached hydrogens (tertiary/aromatic N) is 1. The van der Waals surface area contributed by atoms with Gasteiger partial charge in [0, 0.05) is 18.7 Å². The van der Waals surface area contributed by atoms with E-state index in [0.29, 0.717) is 30.9 Å². The molecule has 1 aromatic heterocycles. The van der Waals surface area contributed by atoms with E-state index >= 15 is 0 Å². The zero-order valence-electron chi connectivity index (χ0n) is 14.0. The second-order valence-corrected chi connectivity index (χ2v) is 5.38. The summed E-state index contributed by atoms with van der Waals surface area (Å²) in [5.74, 6) is 1.34. The van der Waals surface area contributed by atoms with E-state index in [0.717, 1.165) is 22.5 Å². The van der Waals surface area contributed by atoms with Gasteiger partial charge in [-0.15, -0.1) is 0 Å². The number of aryl methyl sites for hydroxylation is 2. The second kappa shape index (κ2) is 7.67. The molecule has 0 bridgehead atoms. The number of H-pyrrole nitrogens is 1. The number of ether oxygens (including phenoxy) is 2. The molecule has 1 aromatic carbocycles. The first-order chi connectivity index (χ1) is 11.0. The van der Waals surface area contributed by atoms with Crippen molar-refractivity contribution in [1.82, 2.24) is 15.5 Å². The molecular weight excluding hydrogens is 294 g/mol. The third-order valence-electron chi connectivity index (χ3n) is 3.82. The molecule has 0 spiro atoms. The zero-order valence-corrected chi connectivity index (χ0v) is 14.0. The summed E-state index contributed by atoms with van der Waals surface area (Å²) in [5.41, 5.74) is 4.06. The lowest BCUT2D eigenvalue weighted by Crippen LogP contribution is -2.23. The van der Waals surface area contributed by atoms with Gasteiger partial charge >= 0.3 is 0 Å². The van der Waals surface area contributed by atoms with Crippen LogP contribution in [0.3, 0.4) is 0 Å². The lowest BCUT2D eigenvalue weighted by molar-refractivity contribution is -0.121. The van der Waals surface area contributed by atoms with Gasteiger partial charge in [-0.25, -0.2) is 0 Å². The smallest absolute Gasteiger partial charge is 0.220 e. The summed E-state index contributed by atoms with van der Waals surface area (Å²) < 4.78 is 10.5. The van der Waals surface area contributed by atoms with Gasteiger partial charge in [-0.05, 0) is 43.5 Å². The van der Waals surface area contributed by atoms with Crippen LogP contribution in [0.2, 0.25) is 0 Å². The van der Waals surface area contributed by atoms with Crippen molar-refractivity contribution in [1.29, 1.82) is 0 Å². The third-order valence-corrected chi connectivity index (χ3v) is 3.82. The molecule has 0 atom stereocenters. The number of amides is 1. The van der Waals surface area contributed by atoms with Crippen LogP contribution in [0.1, 0.15) is 28.9 Å². The Balaban J connectivity index is 1.87. The third kappa shape index (κ3) is 4.25. The molecule has 0 radical (unpaired) electrons. The Labute approximate surface area is 136 Å². The Hall–Kier alpha value is -2.50. The molecule has 6 nitrogen and oxygen atoms in total. The lowest BCUT2D eigenvalue weighted by atomic mass is 10.1. The van der Waals surface area contributed by atoms with Crippen LogP contribution in [0.15, 0.2) is 18.2 Å². The van der Waals surface area contributed by atoms with Gasteiger partial charge in [0.25, 0.3) is 0 Å². The molecule has 2 aromatic rings. The van der Waals surface area contributed by atoms with Crippen molar-refractivity contribution in [3.05, 3.63) is 40.7 Å². The number of hydrogen-bond acceptors (Lipinski definition) is 4. The molecule has 6 heteroatoms. The minimum atomic E-state index is 0.0137. The van der Waals surface area contributed by atoms with Crippen LogP contribution < -0.4 is 14.8 Å². The van der Waals surface area contributed by atoms with E-state index in [4.69, 9.17) is 9.47 Å². The normalized spacial score (nSPS) is 10.4. The van der Waals surface area contributed by atoms with Crippen molar-refractivity contribution < 1.29 is 14.3 Å². The maximum absolute atomic E-state index is 12.0. The number of carbonyl (C=O) groups is 1. The Morgan fingerprint density at radius 3 is 2.57 bits per heavy atom. The summed E-state index contributed by atoms with van der Waals surface area (Å²) in [6, 6.07) is 5.61. The fourth-order valence-corrected chi connectivity index (χ4v) is 2.46. The summed E-state index contributed by atoms with van der Waals surface area (Å²) in [6.07, 6.45) is 1.13. The Morgan fingerprint density at radius 1 is 1.22 bits per heavy atom. The molecule has 23 heavy (non-hydrogen) atoms. The fourth-order valence-electron chi connectivity index (χ4n) is 2.46. The van der Waals surface area contributed by atoms with Crippen LogP contribution in [0.25, 0.3) is 0 Å². The number of hydrogen-bond donors (Lipinski definition) is 2. The Bertz CT molecular complexity index is 660. The van der Waals surface area contributed by atoms with Gasteiger partial charge in [-0.1, -0.05) is 6.07 Å². The molecule has 1 heterocycles. The highest BCUT2D eigenvalue weighted by Crippen LogP contribution is 2.27. The fraction of sp³-hybridized carbons (Fsp3) is 0.412. The number of rotatable bonds is 7. The Morgan fingerprint density at radius 2 is 1.96 bits per heavy atom. The minimum Gasteiger partial charge on any atom is -0.493 e. The van der Waals surface area contributed by atoms with Crippen LogP contribution in [-0.4, -0.2) is 30.3 Å². The van der Waals surface area contributed by atoms with E-state index in [1.54, 1.807) is 14.2 Å². The van der Waals surface area contributed by atoms with E-state index in [1.807, 2.05) is 32.0 Å². The standard InChI is InChI=1S/C17H23N3O3/c1-11-14(12(2)20-19-11)6-8-17(21)18-10-13-5-7-15(22-3)16(9-13)23-4/h5,7,9H,6,8,10H2,1-4H3,(H,18,21)(H,19,20). The highest BCUT2D eigenvalue weighted by atomic mass is 16.5. The molecule has 1 amide bonds. The quantitative estimate of drug-likeness (QED) is 0.821. The number of methoxy groups -OCH3 is 2. The molecule has 0 saturated heterocycles. The van der Waals surface area contributed by atoms with Gasteiger partial charge in [0.1, 0.15) is 0 Å². The van der Waals surface area contributed by atoms with Crippen molar-refractivity contribution in [3.8, 4) is 11.5 Å². The number of carbonyl (C=O) groups excluding carboxylic acids is 1. The number of aromatic nitrogens is 2. The van der Waals surface area contributed by atoms with Crippen LogP contribution >= 0.6 is 0 Å². The first-order valence-corrected chi connectivity index (χ1v) is 7.53. The van der Waals surface area contributed by atoms with Crippen LogP contribution in [0.5, 0.6) is 11.5 Å². The summed E-state index contributed by atoms with van der Waals surface area (Å²) >= 11 is 0. The molecule has 0 aliphatic rings. The molecule has 124 valence electrons. The van der Waals surface area contributed by atoms with Gasteiger partial charge in [0.15, 0.2) is 11.5 Å². The van der Waals surface area contributed by atoms with Gasteiger partial charge in [-0.2, -0.15) is 5.10 Å². The van der Waals surface area contributed by atoms with Gasteiger partial charge in [-0.3, -0.25) is 9.89 Å². The maximum Gasteiger partial charge on any atom is 0.220 e. The molecule has 0 aliphatic heterocycles. The topological polar surface area (TPSA) is 76.2 Å². The predicted molar refractivity (Wildman–Crippen MR) is 87.8 cm³/mol. The van der Waals surface area contributed by atoms with E-state index in [-0.39, 0.29) is 5.91 Å². The lowest BCUT2D eigenvalue weighted by Gasteiger charge is -2.10. The van der Waals surface area contributed by atoms with Crippen molar-refractivity contribution in [2.75, 3.05) is 14.2 Å². The highest BCUT2D eigenvalue weighted by Gasteiger charge is 2.10. The predicted octanol–water partition coefficient (Wildman–Crippen LogP) is 2.29. The summed E-state index contributed by atoms with van der Waals surface area (Å²) in [5, 5.41) is 10.00. The average Bonchev–Trinajstić information content (AvgIpc) is 2.89. The van der Waals surface area contributed by atoms with E-state index in [2.05, 4.69) is 15.5 Å². The van der Waals surface area contributed by atoms with Gasteiger partial charge < -0.3 is 14.8 Å². The number of nitrogens with one attached hydrogen (secondary N) is 2. The van der Waals surface area contributed by atoms with Crippen LogP contribution in [-0.2, 0) is 17.8 Å². The minimum absolute atomic E-state index is 0.0137.